The molecule has 0 spiro atoms. The number of nitrogens with one attached hydrogen (secondary N) is 2. The molecule has 0 radical (unpaired) electrons. The maximum absolute atomic E-state index is 13.9. The Kier molecular flexibility index (Phi) is 8.91. The SMILES string of the molecule is CCN(c1ccc(NC(=O)Nc2ccccc2)cc1)S(=O)(=O)c1ccccc1N=Nc1c(N)ccc2cc(S(=O)(=O)[O-])cc(O)c12. The molecule has 46 heavy (non-hydrogen) atoms. The maximum Gasteiger partial charge on any atom is 0.323 e. The number of sulfonamides is 1. The molecule has 0 aromatic heterocycles. The van der Waals surface area contributed by atoms with Crippen LogP contribution in [-0.2, 0) is 20.1 Å². The number of phenols is 1. The van der Waals surface area contributed by atoms with E-state index in [0.717, 1.165) is 16.4 Å². The van der Waals surface area contributed by atoms with Crippen LogP contribution in [0.25, 0.3) is 10.8 Å². The van der Waals surface area contributed by atoms with Gasteiger partial charge in [-0.15, -0.1) is 10.2 Å². The van der Waals surface area contributed by atoms with Crippen LogP contribution in [0, 0.1) is 0 Å². The van der Waals surface area contributed by atoms with Gasteiger partial charge in [0, 0.05) is 17.9 Å². The van der Waals surface area contributed by atoms with E-state index in [2.05, 4.69) is 20.9 Å². The minimum absolute atomic E-state index is 0.0258. The molecule has 0 aliphatic rings. The monoisotopic (exact) mass is 659 g/mol. The number of anilines is 4. The molecule has 2 amide bonds. The zero-order valence-corrected chi connectivity index (χ0v) is 25.8. The number of nitrogens with two attached hydrogens (primary N) is 1. The average molecular weight is 660 g/mol. The van der Waals surface area contributed by atoms with E-state index in [9.17, 15) is 31.3 Å². The van der Waals surface area contributed by atoms with Crippen LogP contribution in [0.1, 0.15) is 6.92 Å². The Hall–Kier alpha value is -5.51. The lowest BCUT2D eigenvalue weighted by Gasteiger charge is -2.23. The predicted octanol–water partition coefficient (Wildman–Crippen LogP) is 6.31. The highest BCUT2D eigenvalue weighted by atomic mass is 32.2. The summed E-state index contributed by atoms with van der Waals surface area (Å²) < 4.78 is 63.5. The van der Waals surface area contributed by atoms with Crippen molar-refractivity contribution in [3.8, 4) is 5.75 Å². The molecule has 5 aromatic carbocycles. The molecule has 0 fully saturated rings. The quantitative estimate of drug-likeness (QED) is 0.0799. The molecule has 0 bridgehead atoms. The minimum Gasteiger partial charge on any atom is -0.744 e. The van der Waals surface area contributed by atoms with Gasteiger partial charge in [0.1, 0.15) is 32.1 Å². The molecule has 0 saturated heterocycles. The van der Waals surface area contributed by atoms with Crippen molar-refractivity contribution < 1.29 is 31.3 Å². The van der Waals surface area contributed by atoms with E-state index in [1.165, 1.54) is 30.3 Å². The number of hydrogen-bond donors (Lipinski definition) is 4. The highest BCUT2D eigenvalue weighted by Crippen LogP contribution is 2.41. The Balaban J connectivity index is 1.44. The van der Waals surface area contributed by atoms with Crippen molar-refractivity contribution in [1.82, 2.24) is 0 Å². The van der Waals surface area contributed by atoms with Crippen molar-refractivity contribution in [3.05, 3.63) is 103 Å². The smallest absolute Gasteiger partial charge is 0.323 e. The molecule has 0 heterocycles. The summed E-state index contributed by atoms with van der Waals surface area (Å²) in [7, 11) is -9.06. The van der Waals surface area contributed by atoms with Gasteiger partial charge in [0.15, 0.2) is 0 Å². The molecule has 0 saturated carbocycles. The number of nitrogens with zero attached hydrogens (tertiary/aromatic N) is 3. The zero-order chi connectivity index (χ0) is 33.1. The number of carbonyl (C=O) groups is 1. The number of aromatic hydroxyl groups is 1. The summed E-state index contributed by atoms with van der Waals surface area (Å²) in [5, 5.41) is 24.5. The van der Waals surface area contributed by atoms with E-state index in [1.807, 2.05) is 6.07 Å². The number of hydrogen-bond acceptors (Lipinski definition) is 10. The van der Waals surface area contributed by atoms with Crippen LogP contribution in [0.15, 0.2) is 123 Å². The Morgan fingerprint density at radius 3 is 2.13 bits per heavy atom. The van der Waals surface area contributed by atoms with E-state index in [1.54, 1.807) is 61.5 Å². The summed E-state index contributed by atoms with van der Waals surface area (Å²) >= 11 is 0. The third-order valence-corrected chi connectivity index (χ3v) is 9.55. The van der Waals surface area contributed by atoms with Crippen LogP contribution in [0.5, 0.6) is 5.75 Å². The number of phenolic OH excluding ortho intramolecular Hbond substituents is 1. The molecular formula is C31H27N6O7S2-. The lowest BCUT2D eigenvalue weighted by atomic mass is 10.1. The van der Waals surface area contributed by atoms with Crippen LogP contribution < -0.4 is 20.7 Å². The first-order valence-corrected chi connectivity index (χ1v) is 16.5. The summed E-state index contributed by atoms with van der Waals surface area (Å²) in [6, 6.07) is 25.2. The van der Waals surface area contributed by atoms with Gasteiger partial charge in [-0.1, -0.05) is 36.4 Å². The molecule has 236 valence electrons. The highest BCUT2D eigenvalue weighted by molar-refractivity contribution is 7.93. The molecular weight excluding hydrogens is 633 g/mol. The fraction of sp³-hybridized carbons (Fsp3) is 0.0645. The van der Waals surface area contributed by atoms with Crippen molar-refractivity contribution in [1.29, 1.82) is 0 Å². The van der Waals surface area contributed by atoms with Crippen LogP contribution in [-0.4, -0.2) is 39.1 Å². The number of carbonyl (C=O) groups excluding carboxylic acids is 1. The average Bonchev–Trinajstić information content (AvgIpc) is 3.02. The van der Waals surface area contributed by atoms with Crippen LogP contribution in [0.3, 0.4) is 0 Å². The highest BCUT2D eigenvalue weighted by Gasteiger charge is 2.27. The molecule has 5 rings (SSSR count). The molecule has 5 aromatic rings. The van der Waals surface area contributed by atoms with Crippen molar-refractivity contribution in [2.24, 2.45) is 10.2 Å². The van der Waals surface area contributed by atoms with E-state index in [4.69, 9.17) is 5.73 Å². The summed E-state index contributed by atoms with van der Waals surface area (Å²) in [5.41, 5.74) is 7.45. The van der Waals surface area contributed by atoms with Gasteiger partial charge in [0.2, 0.25) is 0 Å². The van der Waals surface area contributed by atoms with Crippen molar-refractivity contribution in [2.45, 2.75) is 16.7 Å². The third-order valence-electron chi connectivity index (χ3n) is 6.79. The Bertz CT molecular complexity index is 2180. The normalized spacial score (nSPS) is 11.9. The van der Waals surface area contributed by atoms with E-state index >= 15 is 0 Å². The molecule has 0 aliphatic carbocycles. The number of para-hydroxylation sites is 1. The second-order valence-corrected chi connectivity index (χ2v) is 13.0. The van der Waals surface area contributed by atoms with Gasteiger partial charge in [0.25, 0.3) is 10.0 Å². The number of azo groups is 1. The maximum atomic E-state index is 13.9. The second-order valence-electron chi connectivity index (χ2n) is 9.83. The van der Waals surface area contributed by atoms with E-state index in [-0.39, 0.29) is 39.3 Å². The van der Waals surface area contributed by atoms with Gasteiger partial charge in [-0.05, 0) is 79.0 Å². The van der Waals surface area contributed by atoms with Crippen molar-refractivity contribution in [2.75, 3.05) is 27.2 Å². The summed E-state index contributed by atoms with van der Waals surface area (Å²) in [6.45, 7) is 1.72. The van der Waals surface area contributed by atoms with E-state index in [0.29, 0.717) is 17.1 Å². The Labute approximate surface area is 264 Å². The molecule has 5 N–H and O–H groups in total. The first-order valence-electron chi connectivity index (χ1n) is 13.7. The van der Waals surface area contributed by atoms with Gasteiger partial charge in [-0.25, -0.2) is 21.6 Å². The number of amides is 2. The van der Waals surface area contributed by atoms with Crippen molar-refractivity contribution in [3.63, 3.8) is 0 Å². The zero-order valence-electron chi connectivity index (χ0n) is 24.2. The fourth-order valence-electron chi connectivity index (χ4n) is 4.66. The topological polar surface area (TPSA) is 207 Å². The van der Waals surface area contributed by atoms with Crippen LogP contribution >= 0.6 is 0 Å². The first kappa shape index (κ1) is 31.9. The molecule has 0 unspecified atom stereocenters. The number of rotatable bonds is 9. The summed E-state index contributed by atoms with van der Waals surface area (Å²) in [5.74, 6) is -0.568. The summed E-state index contributed by atoms with van der Waals surface area (Å²) in [6.07, 6.45) is 0. The number of nitrogen functional groups attached to an aromatic ring is 1. The predicted molar refractivity (Wildman–Crippen MR) is 174 cm³/mol. The standard InChI is InChI=1S/C31H28N6O7S2/c1-2-37(23-15-13-22(14-16-23)34-31(39)33-21-8-4-3-5-9-21)45(40,41)28-11-7-6-10-26(28)35-36-30-25(32)17-12-20-18-24(46(42,43)44)19-27(38)29(20)30/h3-19,38H,2,32H2,1H3,(H2,33,34,39)(H,42,43,44)/p-1. The fourth-order valence-corrected chi connectivity index (χ4v) is 6.79. The Morgan fingerprint density at radius 1 is 0.848 bits per heavy atom. The number of urea groups is 1. The van der Waals surface area contributed by atoms with Gasteiger partial charge in [-0.3, -0.25) is 4.31 Å². The van der Waals surface area contributed by atoms with Gasteiger partial charge in [0.05, 0.1) is 21.7 Å². The molecule has 0 aliphatic heterocycles. The summed E-state index contributed by atoms with van der Waals surface area (Å²) in [4.78, 5) is 11.6. The first-order chi connectivity index (χ1) is 21.9. The van der Waals surface area contributed by atoms with Crippen LogP contribution in [0.4, 0.5) is 38.9 Å². The van der Waals surface area contributed by atoms with Gasteiger partial charge >= 0.3 is 6.03 Å². The van der Waals surface area contributed by atoms with Crippen molar-refractivity contribution >= 4 is 71.1 Å². The number of fused-ring (bicyclic) bond motifs is 1. The van der Waals surface area contributed by atoms with Gasteiger partial charge < -0.3 is 26.0 Å². The van der Waals surface area contributed by atoms with E-state index < -0.39 is 36.8 Å². The minimum atomic E-state index is -4.86. The second kappa shape index (κ2) is 12.8. The third kappa shape index (κ3) is 6.76. The lowest BCUT2D eigenvalue weighted by molar-refractivity contribution is 0.262. The Morgan fingerprint density at radius 2 is 1.48 bits per heavy atom. The lowest BCUT2D eigenvalue weighted by Crippen LogP contribution is -2.30. The number of benzene rings is 5. The van der Waals surface area contributed by atoms with Crippen LogP contribution in [0.2, 0.25) is 0 Å². The molecule has 15 heteroatoms. The molecule has 13 nitrogen and oxygen atoms in total. The van der Waals surface area contributed by atoms with Gasteiger partial charge in [-0.2, -0.15) is 0 Å². The largest absolute Gasteiger partial charge is 0.744 e. The molecule has 0 atom stereocenters.